The van der Waals surface area contributed by atoms with Crippen molar-refractivity contribution in [3.63, 3.8) is 0 Å². The monoisotopic (exact) mass is 610 g/mol. The Labute approximate surface area is 253 Å². The average Bonchev–Trinajstić information content (AvgIpc) is 3.70. The molecule has 1 amide bonds. The van der Waals surface area contributed by atoms with Crippen molar-refractivity contribution in [2.45, 2.75) is 12.8 Å². The summed E-state index contributed by atoms with van der Waals surface area (Å²) in [6.07, 6.45) is 4.71. The Bertz CT molecular complexity index is 1650. The molecule has 0 spiro atoms. The fourth-order valence-corrected chi connectivity index (χ4v) is 6.83. The highest BCUT2D eigenvalue weighted by Crippen LogP contribution is 2.47. The molecular formula is C29H32Cl2N8O3. The van der Waals surface area contributed by atoms with Crippen molar-refractivity contribution in [2.24, 2.45) is 11.8 Å². The third kappa shape index (κ3) is 4.99. The number of methoxy groups -OCH3 is 2. The smallest absolute Gasteiger partial charge is 0.245 e. The van der Waals surface area contributed by atoms with Crippen molar-refractivity contribution in [3.8, 4) is 22.6 Å². The molecule has 42 heavy (non-hydrogen) atoms. The quantitative estimate of drug-likeness (QED) is 0.279. The lowest BCUT2D eigenvalue weighted by atomic mass is 10.0. The zero-order valence-corrected chi connectivity index (χ0v) is 25.2. The predicted octanol–water partition coefficient (Wildman–Crippen LogP) is 4.21. The number of halogens is 2. The van der Waals surface area contributed by atoms with Crippen molar-refractivity contribution < 1.29 is 14.3 Å². The lowest BCUT2D eigenvalue weighted by Crippen LogP contribution is -2.32. The highest BCUT2D eigenvalue weighted by Gasteiger charge is 2.40. The average molecular weight is 612 g/mol. The SMILES string of the molecule is C=CC(=O)N1C[C@H]2CN(CCCc3nc4c(-c5c(Cl)c(OC)cc(OC)c5Cl)cc5cnc(NC)nc5n4n3)C[C@H]2C1. The fraction of sp³-hybridized carbons (Fsp3) is 0.414. The lowest BCUT2D eigenvalue weighted by molar-refractivity contribution is -0.125. The number of nitrogens with one attached hydrogen (secondary N) is 1. The van der Waals surface area contributed by atoms with Gasteiger partial charge in [-0.2, -0.15) is 9.50 Å². The number of pyridine rings is 1. The van der Waals surface area contributed by atoms with Crippen molar-refractivity contribution >= 4 is 51.7 Å². The number of ether oxygens (including phenoxy) is 2. The van der Waals surface area contributed by atoms with Crippen LogP contribution in [-0.4, -0.2) is 94.3 Å². The molecule has 2 aliphatic rings. The predicted molar refractivity (Wildman–Crippen MR) is 163 cm³/mol. The van der Waals surface area contributed by atoms with Crippen molar-refractivity contribution in [1.29, 1.82) is 0 Å². The first-order valence-electron chi connectivity index (χ1n) is 13.8. The van der Waals surface area contributed by atoms with Crippen molar-refractivity contribution in [2.75, 3.05) is 59.3 Å². The maximum atomic E-state index is 12.0. The van der Waals surface area contributed by atoms with E-state index in [0.717, 1.165) is 44.5 Å². The summed E-state index contributed by atoms with van der Waals surface area (Å²) in [5.41, 5.74) is 2.38. The molecule has 13 heteroatoms. The number of fused-ring (bicyclic) bond motifs is 4. The highest BCUT2D eigenvalue weighted by molar-refractivity contribution is 6.41. The second kappa shape index (κ2) is 11.5. The van der Waals surface area contributed by atoms with E-state index in [-0.39, 0.29) is 5.91 Å². The Morgan fingerprint density at radius 1 is 1.07 bits per heavy atom. The Morgan fingerprint density at radius 2 is 1.76 bits per heavy atom. The summed E-state index contributed by atoms with van der Waals surface area (Å²) < 4.78 is 12.8. The number of nitrogens with zero attached hydrogens (tertiary/aromatic N) is 7. The summed E-state index contributed by atoms with van der Waals surface area (Å²) in [6.45, 7) is 8.17. The Hall–Kier alpha value is -3.67. The number of aromatic nitrogens is 5. The zero-order valence-electron chi connectivity index (χ0n) is 23.7. The molecule has 4 aromatic rings. The third-order valence-electron chi connectivity index (χ3n) is 8.18. The molecule has 0 radical (unpaired) electrons. The number of aryl methyl sites for hydroxylation is 1. The van der Waals surface area contributed by atoms with Gasteiger partial charge in [-0.25, -0.2) is 9.97 Å². The van der Waals surface area contributed by atoms with Crippen LogP contribution in [0, 0.1) is 11.8 Å². The second-order valence-corrected chi connectivity index (χ2v) is 11.4. The molecule has 2 fully saturated rings. The van der Waals surface area contributed by atoms with E-state index in [1.165, 1.54) is 6.08 Å². The van der Waals surface area contributed by atoms with E-state index in [1.807, 2.05) is 11.0 Å². The maximum Gasteiger partial charge on any atom is 0.245 e. The van der Waals surface area contributed by atoms with Gasteiger partial charge in [-0.3, -0.25) is 4.79 Å². The minimum atomic E-state index is 0.0304. The molecule has 6 rings (SSSR count). The molecule has 3 aromatic heterocycles. The summed E-state index contributed by atoms with van der Waals surface area (Å²) >= 11 is 13.6. The van der Waals surface area contributed by atoms with E-state index >= 15 is 0 Å². The number of anilines is 1. The number of benzene rings is 1. The van der Waals surface area contributed by atoms with Crippen LogP contribution in [0.5, 0.6) is 11.5 Å². The van der Waals surface area contributed by atoms with Gasteiger partial charge in [0.15, 0.2) is 17.1 Å². The third-order valence-corrected chi connectivity index (χ3v) is 8.93. The van der Waals surface area contributed by atoms with Gasteiger partial charge in [-0.1, -0.05) is 29.8 Å². The van der Waals surface area contributed by atoms with E-state index in [9.17, 15) is 4.79 Å². The Balaban J connectivity index is 1.30. The van der Waals surface area contributed by atoms with Gasteiger partial charge in [0.1, 0.15) is 11.5 Å². The van der Waals surface area contributed by atoms with Gasteiger partial charge in [0.25, 0.3) is 0 Å². The molecule has 1 aromatic carbocycles. The van der Waals surface area contributed by atoms with Crippen LogP contribution in [-0.2, 0) is 11.2 Å². The molecule has 1 N–H and O–H groups in total. The van der Waals surface area contributed by atoms with Gasteiger partial charge in [-0.15, -0.1) is 5.10 Å². The van der Waals surface area contributed by atoms with Crippen LogP contribution in [0.4, 0.5) is 5.95 Å². The molecule has 0 saturated carbocycles. The molecule has 220 valence electrons. The van der Waals surface area contributed by atoms with Gasteiger partial charge in [0.05, 0.1) is 24.3 Å². The molecule has 2 atom stereocenters. The number of rotatable bonds is 9. The first kappa shape index (κ1) is 28.4. The van der Waals surface area contributed by atoms with E-state index in [0.29, 0.717) is 74.0 Å². The molecule has 0 unspecified atom stereocenters. The summed E-state index contributed by atoms with van der Waals surface area (Å²) in [6, 6.07) is 3.57. The van der Waals surface area contributed by atoms with Gasteiger partial charge < -0.3 is 24.6 Å². The fourth-order valence-electron chi connectivity index (χ4n) is 6.13. The minimum absolute atomic E-state index is 0.0304. The van der Waals surface area contributed by atoms with Gasteiger partial charge in [0, 0.05) is 68.4 Å². The largest absolute Gasteiger partial charge is 0.495 e. The van der Waals surface area contributed by atoms with Crippen LogP contribution in [0.1, 0.15) is 12.2 Å². The molecule has 11 nitrogen and oxygen atoms in total. The van der Waals surface area contributed by atoms with Crippen molar-refractivity contribution in [3.05, 3.63) is 46.9 Å². The normalized spacial score (nSPS) is 18.5. The highest BCUT2D eigenvalue weighted by atomic mass is 35.5. The molecular weight excluding hydrogens is 579 g/mol. The Morgan fingerprint density at radius 3 is 2.38 bits per heavy atom. The number of hydrogen-bond acceptors (Lipinski definition) is 9. The summed E-state index contributed by atoms with van der Waals surface area (Å²) in [7, 11) is 4.85. The maximum absolute atomic E-state index is 12.0. The first-order valence-corrected chi connectivity index (χ1v) is 14.6. The molecule has 0 aliphatic carbocycles. The van der Waals surface area contributed by atoms with E-state index in [2.05, 4.69) is 26.8 Å². The van der Waals surface area contributed by atoms with Gasteiger partial charge in [0.2, 0.25) is 11.9 Å². The Kier molecular flexibility index (Phi) is 7.82. The number of hydrogen-bond donors (Lipinski definition) is 1. The van der Waals surface area contributed by atoms with Crippen LogP contribution >= 0.6 is 23.2 Å². The molecule has 0 bridgehead atoms. The summed E-state index contributed by atoms with van der Waals surface area (Å²) in [4.78, 5) is 30.4. The van der Waals surface area contributed by atoms with Crippen LogP contribution in [0.15, 0.2) is 31.0 Å². The number of likely N-dealkylation sites (tertiary alicyclic amines) is 2. The number of amides is 1. The standard InChI is InChI=1S/C29H32Cl2N8O3/c1-5-23(40)38-14-17-12-37(13-18(17)15-38)8-6-7-22-34-28-19(24-25(30)20(41-3)10-21(42-4)26(24)31)9-16-11-33-29(32-2)35-27(16)39(28)36-22/h5,9-11,17-18H,1,6-8,12-15H2,2-4H3,(H,32,33,35)/t17-,18+. The van der Waals surface area contributed by atoms with Crippen molar-refractivity contribution in [1.82, 2.24) is 34.4 Å². The van der Waals surface area contributed by atoms with Crippen LogP contribution in [0.2, 0.25) is 10.0 Å². The van der Waals surface area contributed by atoms with Crippen LogP contribution in [0.25, 0.3) is 27.8 Å². The molecule has 2 aliphatic heterocycles. The molecule has 5 heterocycles. The minimum Gasteiger partial charge on any atom is -0.495 e. The second-order valence-electron chi connectivity index (χ2n) is 10.7. The number of carbonyl (C=O) groups excluding carboxylic acids is 1. The topological polar surface area (TPSA) is 110 Å². The van der Waals surface area contributed by atoms with E-state index in [4.69, 9.17) is 42.8 Å². The first-order chi connectivity index (χ1) is 20.3. The zero-order chi connectivity index (χ0) is 29.5. The summed E-state index contributed by atoms with van der Waals surface area (Å²) in [5, 5.41) is 9.29. The number of carbonyl (C=O) groups is 1. The lowest BCUT2D eigenvalue weighted by Gasteiger charge is -2.20. The van der Waals surface area contributed by atoms with Crippen LogP contribution in [0.3, 0.4) is 0 Å². The summed E-state index contributed by atoms with van der Waals surface area (Å²) in [5.74, 6) is 3.10. The van der Waals surface area contributed by atoms with E-state index in [1.54, 1.807) is 38.0 Å². The van der Waals surface area contributed by atoms with Gasteiger partial charge in [-0.05, 0) is 36.9 Å². The molecule has 2 saturated heterocycles. The van der Waals surface area contributed by atoms with Gasteiger partial charge >= 0.3 is 0 Å². The van der Waals surface area contributed by atoms with Crippen LogP contribution < -0.4 is 14.8 Å². The van der Waals surface area contributed by atoms with E-state index < -0.39 is 0 Å².